The van der Waals surface area contributed by atoms with Crippen LogP contribution < -0.4 is 0 Å². The van der Waals surface area contributed by atoms with Crippen LogP contribution in [0.4, 0.5) is 0 Å². The van der Waals surface area contributed by atoms with Crippen molar-refractivity contribution in [3.63, 3.8) is 0 Å². The standard InChI is InChI=1S/C26H50O4/c1-4-6-8-10-15-19-23-29-25(27)21-17-14-11-13-16-20-24(3)30-26(28)22-18-12-9-7-5-2/h24H,4-23H2,1-3H3. The highest BCUT2D eigenvalue weighted by atomic mass is 16.5. The molecule has 0 N–H and O–H groups in total. The summed E-state index contributed by atoms with van der Waals surface area (Å²) in [5, 5.41) is 0. The van der Waals surface area contributed by atoms with Gasteiger partial charge in [-0.1, -0.05) is 90.9 Å². The van der Waals surface area contributed by atoms with Crippen LogP contribution in [0.5, 0.6) is 0 Å². The van der Waals surface area contributed by atoms with E-state index in [4.69, 9.17) is 9.47 Å². The summed E-state index contributed by atoms with van der Waals surface area (Å²) in [5.74, 6) is -0.0859. The molecule has 1 unspecified atom stereocenters. The van der Waals surface area contributed by atoms with Crippen LogP contribution in [0.3, 0.4) is 0 Å². The summed E-state index contributed by atoms with van der Waals surface area (Å²) in [6.07, 6.45) is 20.4. The van der Waals surface area contributed by atoms with Gasteiger partial charge in [0.15, 0.2) is 0 Å². The van der Waals surface area contributed by atoms with Crippen molar-refractivity contribution in [1.82, 2.24) is 0 Å². The van der Waals surface area contributed by atoms with Crippen LogP contribution in [0, 0.1) is 0 Å². The molecule has 0 aliphatic rings. The molecule has 0 radical (unpaired) electrons. The van der Waals surface area contributed by atoms with E-state index in [0.717, 1.165) is 57.8 Å². The molecule has 0 amide bonds. The molecular weight excluding hydrogens is 376 g/mol. The number of carbonyl (C=O) groups is 2. The summed E-state index contributed by atoms with van der Waals surface area (Å²) in [6.45, 7) is 6.99. The molecule has 30 heavy (non-hydrogen) atoms. The van der Waals surface area contributed by atoms with Crippen molar-refractivity contribution in [3.8, 4) is 0 Å². The molecule has 4 nitrogen and oxygen atoms in total. The highest BCUT2D eigenvalue weighted by Crippen LogP contribution is 2.13. The van der Waals surface area contributed by atoms with E-state index in [0.29, 0.717) is 19.4 Å². The van der Waals surface area contributed by atoms with Gasteiger partial charge in [0.2, 0.25) is 0 Å². The third kappa shape index (κ3) is 21.6. The quantitative estimate of drug-likeness (QED) is 0.130. The van der Waals surface area contributed by atoms with Crippen molar-refractivity contribution in [3.05, 3.63) is 0 Å². The van der Waals surface area contributed by atoms with Crippen molar-refractivity contribution >= 4 is 11.9 Å². The monoisotopic (exact) mass is 426 g/mol. The van der Waals surface area contributed by atoms with Gasteiger partial charge in [0.25, 0.3) is 0 Å². The Morgan fingerprint density at radius 2 is 1.07 bits per heavy atom. The van der Waals surface area contributed by atoms with Gasteiger partial charge in [-0.05, 0) is 39.0 Å². The Labute approximate surface area is 186 Å². The maximum atomic E-state index is 11.8. The molecule has 0 heterocycles. The molecule has 178 valence electrons. The third-order valence-corrected chi connectivity index (χ3v) is 5.57. The molecule has 0 spiro atoms. The van der Waals surface area contributed by atoms with E-state index < -0.39 is 0 Å². The van der Waals surface area contributed by atoms with Crippen LogP contribution >= 0.6 is 0 Å². The van der Waals surface area contributed by atoms with Crippen molar-refractivity contribution in [2.75, 3.05) is 6.61 Å². The molecule has 1 atom stereocenters. The number of hydrogen-bond donors (Lipinski definition) is 0. The first-order valence-electron chi connectivity index (χ1n) is 12.9. The zero-order chi connectivity index (χ0) is 22.3. The highest BCUT2D eigenvalue weighted by molar-refractivity contribution is 5.69. The van der Waals surface area contributed by atoms with Gasteiger partial charge in [-0.25, -0.2) is 0 Å². The van der Waals surface area contributed by atoms with Crippen molar-refractivity contribution < 1.29 is 19.1 Å². The molecule has 4 heteroatoms. The normalized spacial score (nSPS) is 12.0. The largest absolute Gasteiger partial charge is 0.466 e. The number of esters is 2. The Morgan fingerprint density at radius 1 is 0.600 bits per heavy atom. The van der Waals surface area contributed by atoms with Crippen LogP contribution in [-0.2, 0) is 19.1 Å². The Balaban J connectivity index is 3.39. The van der Waals surface area contributed by atoms with Crippen LogP contribution in [-0.4, -0.2) is 24.6 Å². The predicted molar refractivity (Wildman–Crippen MR) is 126 cm³/mol. The van der Waals surface area contributed by atoms with Crippen LogP contribution in [0.15, 0.2) is 0 Å². The van der Waals surface area contributed by atoms with Crippen molar-refractivity contribution in [2.24, 2.45) is 0 Å². The SMILES string of the molecule is CCCCCCCCOC(=O)CCCCCCCC(C)OC(=O)CCCCCCC. The van der Waals surface area contributed by atoms with E-state index in [9.17, 15) is 9.59 Å². The van der Waals surface area contributed by atoms with Gasteiger partial charge in [0.05, 0.1) is 12.7 Å². The van der Waals surface area contributed by atoms with Crippen LogP contribution in [0.25, 0.3) is 0 Å². The van der Waals surface area contributed by atoms with E-state index in [1.54, 1.807) is 0 Å². The lowest BCUT2D eigenvalue weighted by molar-refractivity contribution is -0.148. The number of rotatable bonds is 22. The summed E-state index contributed by atoms with van der Waals surface area (Å²) < 4.78 is 10.8. The average Bonchev–Trinajstić information content (AvgIpc) is 2.72. The maximum Gasteiger partial charge on any atom is 0.306 e. The second kappa shape index (κ2) is 22.6. The molecule has 0 bridgehead atoms. The fourth-order valence-corrected chi connectivity index (χ4v) is 3.59. The van der Waals surface area contributed by atoms with E-state index in [1.165, 1.54) is 51.4 Å². The van der Waals surface area contributed by atoms with Crippen molar-refractivity contribution in [2.45, 2.75) is 149 Å². The van der Waals surface area contributed by atoms with Gasteiger partial charge in [0.1, 0.15) is 0 Å². The average molecular weight is 427 g/mol. The van der Waals surface area contributed by atoms with Gasteiger partial charge in [0, 0.05) is 12.8 Å². The molecule has 0 saturated carbocycles. The van der Waals surface area contributed by atoms with Gasteiger partial charge in [-0.15, -0.1) is 0 Å². The second-order valence-electron chi connectivity index (χ2n) is 8.76. The van der Waals surface area contributed by atoms with Gasteiger partial charge >= 0.3 is 11.9 Å². The van der Waals surface area contributed by atoms with Crippen molar-refractivity contribution in [1.29, 1.82) is 0 Å². The first-order chi connectivity index (χ1) is 14.6. The van der Waals surface area contributed by atoms with Gasteiger partial charge in [-0.3, -0.25) is 9.59 Å². The van der Waals surface area contributed by atoms with E-state index >= 15 is 0 Å². The zero-order valence-electron chi connectivity index (χ0n) is 20.4. The molecular formula is C26H50O4. The molecule has 0 aliphatic carbocycles. The van der Waals surface area contributed by atoms with E-state index in [1.807, 2.05) is 6.92 Å². The van der Waals surface area contributed by atoms with Crippen LogP contribution in [0.1, 0.15) is 143 Å². The molecule has 0 fully saturated rings. The zero-order valence-corrected chi connectivity index (χ0v) is 20.4. The Kier molecular flexibility index (Phi) is 21.8. The first kappa shape index (κ1) is 28.9. The highest BCUT2D eigenvalue weighted by Gasteiger charge is 2.09. The number of carbonyl (C=O) groups excluding carboxylic acids is 2. The number of hydrogen-bond acceptors (Lipinski definition) is 4. The topological polar surface area (TPSA) is 52.6 Å². The summed E-state index contributed by atoms with van der Waals surface area (Å²) in [5.41, 5.74) is 0. The fourth-order valence-electron chi connectivity index (χ4n) is 3.59. The number of unbranched alkanes of at least 4 members (excludes halogenated alkanes) is 13. The molecule has 0 saturated heterocycles. The summed E-state index contributed by atoms with van der Waals surface area (Å²) >= 11 is 0. The second-order valence-corrected chi connectivity index (χ2v) is 8.76. The lowest BCUT2D eigenvalue weighted by Gasteiger charge is -2.13. The summed E-state index contributed by atoms with van der Waals surface area (Å²) in [7, 11) is 0. The molecule has 0 aromatic rings. The molecule has 0 aliphatic heterocycles. The Hall–Kier alpha value is -1.06. The lowest BCUT2D eigenvalue weighted by atomic mass is 10.1. The van der Waals surface area contributed by atoms with Gasteiger partial charge in [-0.2, -0.15) is 0 Å². The summed E-state index contributed by atoms with van der Waals surface area (Å²) in [6, 6.07) is 0. The Bertz CT molecular complexity index is 394. The lowest BCUT2D eigenvalue weighted by Crippen LogP contribution is -2.14. The minimum atomic E-state index is -0.0431. The fraction of sp³-hybridized carbons (Fsp3) is 0.923. The minimum Gasteiger partial charge on any atom is -0.466 e. The first-order valence-corrected chi connectivity index (χ1v) is 12.9. The van der Waals surface area contributed by atoms with E-state index in [-0.39, 0.29) is 18.0 Å². The molecule has 0 rings (SSSR count). The molecule has 0 aromatic heterocycles. The smallest absolute Gasteiger partial charge is 0.306 e. The van der Waals surface area contributed by atoms with E-state index in [2.05, 4.69) is 13.8 Å². The molecule has 0 aromatic carbocycles. The number of ether oxygens (including phenoxy) is 2. The third-order valence-electron chi connectivity index (χ3n) is 5.57. The predicted octanol–water partition coefficient (Wildman–Crippen LogP) is 7.91. The van der Waals surface area contributed by atoms with Gasteiger partial charge < -0.3 is 9.47 Å². The minimum absolute atomic E-state index is 0.0186. The van der Waals surface area contributed by atoms with Crippen LogP contribution in [0.2, 0.25) is 0 Å². The Morgan fingerprint density at radius 3 is 1.67 bits per heavy atom. The maximum absolute atomic E-state index is 11.8. The summed E-state index contributed by atoms with van der Waals surface area (Å²) in [4.78, 5) is 23.5.